The summed E-state index contributed by atoms with van der Waals surface area (Å²) in [7, 11) is 0. The van der Waals surface area contributed by atoms with E-state index in [0.29, 0.717) is 0 Å². The Balaban J connectivity index is 1.57. The molecule has 0 aromatic heterocycles. The van der Waals surface area contributed by atoms with Gasteiger partial charge in [0.25, 0.3) is 0 Å². The fraction of sp³-hybridized carbons (Fsp3) is 0.579. The van der Waals surface area contributed by atoms with E-state index in [0.717, 1.165) is 38.4 Å². The van der Waals surface area contributed by atoms with Crippen LogP contribution in [-0.2, 0) is 0 Å². The Morgan fingerprint density at radius 2 is 1.77 bits per heavy atom. The maximum atomic E-state index is 5.92. The molecule has 1 aromatic carbocycles. The number of para-hydroxylation sites is 1. The van der Waals surface area contributed by atoms with E-state index in [4.69, 9.17) is 4.74 Å². The summed E-state index contributed by atoms with van der Waals surface area (Å²) >= 11 is 0. The van der Waals surface area contributed by atoms with E-state index in [1.54, 1.807) is 11.1 Å². The number of likely N-dealkylation sites (tertiary alicyclic amines) is 1. The molecule has 2 heterocycles. The van der Waals surface area contributed by atoms with E-state index in [9.17, 15) is 0 Å². The Morgan fingerprint density at radius 1 is 1.05 bits per heavy atom. The highest BCUT2D eigenvalue weighted by Gasteiger charge is 2.17. The van der Waals surface area contributed by atoms with Crippen LogP contribution >= 0.6 is 0 Å². The summed E-state index contributed by atoms with van der Waals surface area (Å²) in [5.41, 5.74) is 3.32. The fourth-order valence-corrected chi connectivity index (χ4v) is 3.47. The number of nitrogens with one attached hydrogen (secondary N) is 1. The van der Waals surface area contributed by atoms with Crippen molar-refractivity contribution < 1.29 is 4.74 Å². The van der Waals surface area contributed by atoms with Crippen LogP contribution in [-0.4, -0.2) is 44.2 Å². The first kappa shape index (κ1) is 15.6. The summed E-state index contributed by atoms with van der Waals surface area (Å²) in [6.45, 7) is 6.78. The minimum Gasteiger partial charge on any atom is -0.493 e. The minimum atomic E-state index is 0.796. The van der Waals surface area contributed by atoms with Gasteiger partial charge in [-0.05, 0) is 64.0 Å². The zero-order chi connectivity index (χ0) is 15.0. The highest BCUT2D eigenvalue weighted by molar-refractivity contribution is 5.22. The molecule has 0 saturated carbocycles. The molecule has 2 saturated heterocycles. The summed E-state index contributed by atoms with van der Waals surface area (Å²) in [6.07, 6.45) is 6.24. The molecule has 1 N–H and O–H groups in total. The van der Waals surface area contributed by atoms with Crippen LogP contribution in [0.15, 0.2) is 41.5 Å². The molecule has 0 radical (unpaired) electrons. The molecule has 1 aromatic rings. The van der Waals surface area contributed by atoms with Crippen molar-refractivity contribution in [3.63, 3.8) is 0 Å². The fourth-order valence-electron chi connectivity index (χ4n) is 3.47. The summed E-state index contributed by atoms with van der Waals surface area (Å²) in [4.78, 5) is 2.62. The maximum absolute atomic E-state index is 5.92. The number of hydrogen-bond donors (Lipinski definition) is 1. The number of rotatable bonds is 6. The Labute approximate surface area is 134 Å². The second-order valence-electron chi connectivity index (χ2n) is 6.35. The monoisotopic (exact) mass is 300 g/mol. The standard InChI is InChI=1S/C19H28N2O/c1-2-6-19(7-3-1)22-15-10-18(16-21-13-4-5-14-21)17-8-11-20-12-9-17/h1-3,6-7,20H,4-5,8-16H2. The van der Waals surface area contributed by atoms with Crippen molar-refractivity contribution in [1.29, 1.82) is 0 Å². The van der Waals surface area contributed by atoms with E-state index in [-0.39, 0.29) is 0 Å². The van der Waals surface area contributed by atoms with Gasteiger partial charge in [0.05, 0.1) is 6.61 Å². The van der Waals surface area contributed by atoms with Gasteiger partial charge in [0.1, 0.15) is 5.75 Å². The van der Waals surface area contributed by atoms with Crippen molar-refractivity contribution in [1.82, 2.24) is 10.2 Å². The van der Waals surface area contributed by atoms with Crippen molar-refractivity contribution in [2.45, 2.75) is 32.1 Å². The molecule has 3 heteroatoms. The van der Waals surface area contributed by atoms with Crippen LogP contribution in [0.25, 0.3) is 0 Å². The van der Waals surface area contributed by atoms with Crippen LogP contribution in [0, 0.1) is 0 Å². The van der Waals surface area contributed by atoms with Crippen molar-refractivity contribution in [3.05, 3.63) is 41.5 Å². The Hall–Kier alpha value is -1.32. The van der Waals surface area contributed by atoms with Crippen molar-refractivity contribution in [3.8, 4) is 5.75 Å². The third-order valence-electron chi connectivity index (χ3n) is 4.74. The molecule has 22 heavy (non-hydrogen) atoms. The van der Waals surface area contributed by atoms with Gasteiger partial charge in [-0.25, -0.2) is 0 Å². The van der Waals surface area contributed by atoms with Crippen molar-refractivity contribution >= 4 is 0 Å². The van der Waals surface area contributed by atoms with Crippen LogP contribution in [0.5, 0.6) is 5.75 Å². The summed E-state index contributed by atoms with van der Waals surface area (Å²) in [6, 6.07) is 10.2. The zero-order valence-corrected chi connectivity index (χ0v) is 13.5. The van der Waals surface area contributed by atoms with Crippen LogP contribution in [0.2, 0.25) is 0 Å². The lowest BCUT2D eigenvalue weighted by atomic mass is 9.96. The van der Waals surface area contributed by atoms with Gasteiger partial charge in [-0.15, -0.1) is 0 Å². The predicted octanol–water partition coefficient (Wildman–Crippen LogP) is 3.23. The van der Waals surface area contributed by atoms with Crippen LogP contribution < -0.4 is 10.1 Å². The molecule has 2 aliphatic rings. The van der Waals surface area contributed by atoms with Gasteiger partial charge in [0.2, 0.25) is 0 Å². The average molecular weight is 300 g/mol. The smallest absolute Gasteiger partial charge is 0.119 e. The first-order valence-corrected chi connectivity index (χ1v) is 8.72. The third kappa shape index (κ3) is 4.59. The molecule has 2 fully saturated rings. The Kier molecular flexibility index (Phi) is 5.91. The van der Waals surface area contributed by atoms with Gasteiger partial charge in [0.15, 0.2) is 0 Å². The lowest BCUT2D eigenvalue weighted by Gasteiger charge is -2.24. The van der Waals surface area contributed by atoms with Gasteiger partial charge >= 0.3 is 0 Å². The van der Waals surface area contributed by atoms with Gasteiger partial charge in [-0.2, -0.15) is 0 Å². The topological polar surface area (TPSA) is 24.5 Å². The summed E-state index contributed by atoms with van der Waals surface area (Å²) < 4.78 is 5.92. The first-order valence-electron chi connectivity index (χ1n) is 8.72. The van der Waals surface area contributed by atoms with Crippen molar-refractivity contribution in [2.75, 3.05) is 39.3 Å². The highest BCUT2D eigenvalue weighted by Crippen LogP contribution is 2.22. The molecule has 3 rings (SSSR count). The molecular formula is C19H28N2O. The molecule has 3 nitrogen and oxygen atoms in total. The summed E-state index contributed by atoms with van der Waals surface area (Å²) in [5.74, 6) is 0.985. The summed E-state index contributed by atoms with van der Waals surface area (Å²) in [5, 5.41) is 3.47. The van der Waals surface area contributed by atoms with E-state index >= 15 is 0 Å². The van der Waals surface area contributed by atoms with Crippen LogP contribution in [0.1, 0.15) is 32.1 Å². The molecule has 2 aliphatic heterocycles. The SMILES string of the molecule is c1ccc(OCCC(CN2CCCC2)=C2CCNCC2)cc1. The van der Waals surface area contributed by atoms with E-state index in [2.05, 4.69) is 10.2 Å². The molecule has 0 atom stereocenters. The lowest BCUT2D eigenvalue weighted by molar-refractivity contribution is 0.307. The normalized spacial score (nSPS) is 19.4. The molecule has 120 valence electrons. The Morgan fingerprint density at radius 3 is 2.50 bits per heavy atom. The van der Waals surface area contributed by atoms with Crippen LogP contribution in [0.4, 0.5) is 0 Å². The number of ether oxygens (including phenoxy) is 1. The number of benzene rings is 1. The molecule has 0 spiro atoms. The number of nitrogens with zero attached hydrogens (tertiary/aromatic N) is 1. The largest absolute Gasteiger partial charge is 0.493 e. The molecule has 0 amide bonds. The molecule has 0 unspecified atom stereocenters. The van der Waals surface area contributed by atoms with E-state index in [1.807, 2.05) is 30.3 Å². The number of piperidine rings is 1. The molecule has 0 bridgehead atoms. The van der Waals surface area contributed by atoms with Gasteiger partial charge < -0.3 is 10.1 Å². The Bertz CT molecular complexity index is 469. The molecular weight excluding hydrogens is 272 g/mol. The first-order chi connectivity index (χ1) is 10.9. The third-order valence-corrected chi connectivity index (χ3v) is 4.74. The van der Waals surface area contributed by atoms with E-state index < -0.39 is 0 Å². The van der Waals surface area contributed by atoms with Gasteiger partial charge in [-0.3, -0.25) is 4.90 Å². The second-order valence-corrected chi connectivity index (χ2v) is 6.35. The second kappa shape index (κ2) is 8.35. The van der Waals surface area contributed by atoms with Gasteiger partial charge in [-0.1, -0.05) is 29.3 Å². The molecule has 0 aliphatic carbocycles. The van der Waals surface area contributed by atoms with Gasteiger partial charge in [0, 0.05) is 13.0 Å². The zero-order valence-electron chi connectivity index (χ0n) is 13.5. The van der Waals surface area contributed by atoms with Crippen LogP contribution in [0.3, 0.4) is 0 Å². The average Bonchev–Trinajstić information content (AvgIpc) is 3.09. The lowest BCUT2D eigenvalue weighted by Crippen LogP contribution is -2.28. The van der Waals surface area contributed by atoms with Crippen molar-refractivity contribution in [2.24, 2.45) is 0 Å². The number of hydrogen-bond acceptors (Lipinski definition) is 3. The highest BCUT2D eigenvalue weighted by atomic mass is 16.5. The predicted molar refractivity (Wildman–Crippen MR) is 91.4 cm³/mol. The quantitative estimate of drug-likeness (QED) is 0.816. The maximum Gasteiger partial charge on any atom is 0.119 e. The van der Waals surface area contributed by atoms with E-state index in [1.165, 1.54) is 38.8 Å². The minimum absolute atomic E-state index is 0.796.